The first-order valence-electron chi connectivity index (χ1n) is 4.57. The Bertz CT molecular complexity index is 449. The van der Waals surface area contributed by atoms with Gasteiger partial charge in [-0.2, -0.15) is 4.99 Å². The van der Waals surface area contributed by atoms with E-state index in [9.17, 15) is 9.59 Å². The van der Waals surface area contributed by atoms with E-state index in [1.54, 1.807) is 26.2 Å². The number of ether oxygens (including phenoxy) is 1. The van der Waals surface area contributed by atoms with Gasteiger partial charge in [0.15, 0.2) is 0 Å². The highest BCUT2D eigenvalue weighted by molar-refractivity contribution is 5.95. The van der Waals surface area contributed by atoms with E-state index in [1.165, 1.54) is 24.2 Å². The predicted octanol–water partition coefficient (Wildman–Crippen LogP) is 1.36. The highest BCUT2D eigenvalue weighted by Gasteiger charge is 2.11. The van der Waals surface area contributed by atoms with E-state index in [2.05, 4.69) is 4.99 Å². The molecule has 0 aliphatic heterocycles. The molecule has 0 aliphatic carbocycles. The first kappa shape index (κ1) is 11.9. The Morgan fingerprint density at radius 1 is 1.44 bits per heavy atom. The summed E-state index contributed by atoms with van der Waals surface area (Å²) in [6, 6.07) is 4.70. The SMILES string of the molecule is COc1ccc(C(=O)N(C)C)cc1N=C=O. The van der Waals surface area contributed by atoms with Crippen molar-refractivity contribution in [3.05, 3.63) is 23.8 Å². The Morgan fingerprint density at radius 2 is 2.12 bits per heavy atom. The molecule has 0 aromatic heterocycles. The molecule has 0 bridgehead atoms. The molecule has 1 aromatic rings. The molecule has 16 heavy (non-hydrogen) atoms. The fraction of sp³-hybridized carbons (Fsp3) is 0.273. The molecule has 0 aliphatic rings. The Hall–Kier alpha value is -2.13. The van der Waals surface area contributed by atoms with Gasteiger partial charge in [-0.25, -0.2) is 4.79 Å². The lowest BCUT2D eigenvalue weighted by molar-refractivity contribution is 0.0827. The second-order valence-electron chi connectivity index (χ2n) is 3.29. The highest BCUT2D eigenvalue weighted by Crippen LogP contribution is 2.28. The minimum Gasteiger partial charge on any atom is -0.494 e. The number of benzene rings is 1. The third-order valence-corrected chi connectivity index (χ3v) is 2.00. The molecule has 0 saturated heterocycles. The molecule has 0 fully saturated rings. The zero-order chi connectivity index (χ0) is 12.1. The molecule has 0 radical (unpaired) electrons. The summed E-state index contributed by atoms with van der Waals surface area (Å²) in [5.74, 6) is 0.267. The van der Waals surface area contributed by atoms with Gasteiger partial charge in [0.2, 0.25) is 6.08 Å². The van der Waals surface area contributed by atoms with Crippen LogP contribution in [-0.4, -0.2) is 38.1 Å². The molecule has 1 aromatic carbocycles. The molecule has 0 unspecified atom stereocenters. The van der Waals surface area contributed by atoms with Crippen molar-refractivity contribution >= 4 is 17.7 Å². The predicted molar refractivity (Wildman–Crippen MR) is 58.8 cm³/mol. The summed E-state index contributed by atoms with van der Waals surface area (Å²) in [7, 11) is 4.76. The summed E-state index contributed by atoms with van der Waals surface area (Å²) in [6.07, 6.45) is 1.42. The fourth-order valence-electron chi connectivity index (χ4n) is 1.22. The van der Waals surface area contributed by atoms with Crippen molar-refractivity contribution in [2.75, 3.05) is 21.2 Å². The standard InChI is InChI=1S/C11H12N2O3/c1-13(2)11(15)8-4-5-10(16-3)9(6-8)12-7-14/h4-6H,1-3H3. The lowest BCUT2D eigenvalue weighted by Crippen LogP contribution is -2.21. The van der Waals surface area contributed by atoms with Crippen molar-refractivity contribution in [2.45, 2.75) is 0 Å². The van der Waals surface area contributed by atoms with E-state index in [-0.39, 0.29) is 5.91 Å². The molecule has 0 atom stereocenters. The van der Waals surface area contributed by atoms with Crippen LogP contribution in [0.2, 0.25) is 0 Å². The van der Waals surface area contributed by atoms with Gasteiger partial charge >= 0.3 is 0 Å². The first-order valence-corrected chi connectivity index (χ1v) is 4.57. The molecular weight excluding hydrogens is 208 g/mol. The molecule has 0 N–H and O–H groups in total. The van der Waals surface area contributed by atoms with Crippen molar-refractivity contribution in [3.8, 4) is 5.75 Å². The normalized spacial score (nSPS) is 9.19. The summed E-state index contributed by atoms with van der Waals surface area (Å²) >= 11 is 0. The minimum atomic E-state index is -0.162. The van der Waals surface area contributed by atoms with Crippen LogP contribution in [0.5, 0.6) is 5.75 Å². The van der Waals surface area contributed by atoms with Gasteiger partial charge in [-0.05, 0) is 18.2 Å². The Morgan fingerprint density at radius 3 is 2.62 bits per heavy atom. The molecule has 0 spiro atoms. The summed E-state index contributed by atoms with van der Waals surface area (Å²) in [5, 5.41) is 0. The van der Waals surface area contributed by atoms with Gasteiger partial charge in [0.1, 0.15) is 11.4 Å². The molecule has 5 heteroatoms. The maximum absolute atomic E-state index is 11.6. The number of nitrogens with zero attached hydrogens (tertiary/aromatic N) is 2. The van der Waals surface area contributed by atoms with Gasteiger partial charge < -0.3 is 9.64 Å². The minimum absolute atomic E-state index is 0.162. The van der Waals surface area contributed by atoms with Gasteiger partial charge in [-0.15, -0.1) is 0 Å². The summed E-state index contributed by atoms with van der Waals surface area (Å²) in [6.45, 7) is 0. The number of hydrogen-bond acceptors (Lipinski definition) is 4. The maximum Gasteiger partial charge on any atom is 0.253 e. The van der Waals surface area contributed by atoms with E-state index >= 15 is 0 Å². The maximum atomic E-state index is 11.6. The zero-order valence-corrected chi connectivity index (χ0v) is 9.35. The monoisotopic (exact) mass is 220 g/mol. The van der Waals surface area contributed by atoms with Crippen LogP contribution in [-0.2, 0) is 4.79 Å². The summed E-state index contributed by atoms with van der Waals surface area (Å²) < 4.78 is 5.00. The van der Waals surface area contributed by atoms with Gasteiger partial charge in [0.25, 0.3) is 5.91 Å². The Labute approximate surface area is 93.3 Å². The van der Waals surface area contributed by atoms with E-state index in [4.69, 9.17) is 4.74 Å². The van der Waals surface area contributed by atoms with Crippen LogP contribution in [0.3, 0.4) is 0 Å². The van der Waals surface area contributed by atoms with Gasteiger partial charge in [-0.1, -0.05) is 0 Å². The van der Waals surface area contributed by atoms with E-state index in [0.717, 1.165) is 0 Å². The lowest BCUT2D eigenvalue weighted by atomic mass is 10.1. The van der Waals surface area contributed by atoms with Gasteiger partial charge in [0.05, 0.1) is 7.11 Å². The Balaban J connectivity index is 3.21. The van der Waals surface area contributed by atoms with Crippen LogP contribution in [0.1, 0.15) is 10.4 Å². The highest BCUT2D eigenvalue weighted by atomic mass is 16.5. The van der Waals surface area contributed by atoms with Crippen molar-refractivity contribution < 1.29 is 14.3 Å². The zero-order valence-electron chi connectivity index (χ0n) is 9.35. The smallest absolute Gasteiger partial charge is 0.253 e. The van der Waals surface area contributed by atoms with Crippen LogP contribution < -0.4 is 4.74 Å². The second-order valence-corrected chi connectivity index (χ2v) is 3.29. The van der Waals surface area contributed by atoms with E-state index in [1.807, 2.05) is 0 Å². The Kier molecular flexibility index (Phi) is 3.80. The van der Waals surface area contributed by atoms with Crippen LogP contribution in [0, 0.1) is 0 Å². The molecule has 1 amide bonds. The first-order chi connectivity index (χ1) is 7.60. The average Bonchev–Trinajstić information content (AvgIpc) is 2.28. The molecule has 1 rings (SSSR count). The number of carbonyl (C=O) groups excluding carboxylic acids is 2. The van der Waals surface area contributed by atoms with Crippen molar-refractivity contribution in [1.82, 2.24) is 4.90 Å². The van der Waals surface area contributed by atoms with Gasteiger partial charge in [0, 0.05) is 19.7 Å². The third-order valence-electron chi connectivity index (χ3n) is 2.00. The summed E-state index contributed by atoms with van der Waals surface area (Å²) in [4.78, 5) is 26.8. The van der Waals surface area contributed by atoms with Crippen molar-refractivity contribution in [3.63, 3.8) is 0 Å². The van der Waals surface area contributed by atoms with E-state index in [0.29, 0.717) is 17.0 Å². The van der Waals surface area contributed by atoms with Crippen LogP contribution in [0.4, 0.5) is 5.69 Å². The topological polar surface area (TPSA) is 59.0 Å². The molecule has 0 heterocycles. The third kappa shape index (κ3) is 2.46. The quantitative estimate of drug-likeness (QED) is 0.571. The second kappa shape index (κ2) is 5.09. The summed E-state index contributed by atoms with van der Waals surface area (Å²) in [5.41, 5.74) is 0.741. The van der Waals surface area contributed by atoms with Crippen molar-refractivity contribution in [2.24, 2.45) is 4.99 Å². The number of hydrogen-bond donors (Lipinski definition) is 0. The number of aliphatic imine (C=N–C) groups is 1. The number of methoxy groups -OCH3 is 1. The molecule has 0 saturated carbocycles. The average molecular weight is 220 g/mol. The number of isocyanates is 1. The van der Waals surface area contributed by atoms with Gasteiger partial charge in [-0.3, -0.25) is 4.79 Å². The lowest BCUT2D eigenvalue weighted by Gasteiger charge is -2.11. The number of rotatable bonds is 3. The largest absolute Gasteiger partial charge is 0.494 e. The number of amides is 1. The van der Waals surface area contributed by atoms with Crippen molar-refractivity contribution in [1.29, 1.82) is 0 Å². The van der Waals surface area contributed by atoms with Crippen LogP contribution in [0.15, 0.2) is 23.2 Å². The van der Waals surface area contributed by atoms with Crippen LogP contribution in [0.25, 0.3) is 0 Å². The molecule has 5 nitrogen and oxygen atoms in total. The number of carbonyl (C=O) groups is 1. The fourth-order valence-corrected chi connectivity index (χ4v) is 1.22. The molecule has 84 valence electrons. The van der Waals surface area contributed by atoms with E-state index < -0.39 is 0 Å². The molecular formula is C11H12N2O3. The van der Waals surface area contributed by atoms with Crippen LogP contribution >= 0.6 is 0 Å².